The Morgan fingerprint density at radius 2 is 1.65 bits per heavy atom. The zero-order valence-corrected chi connectivity index (χ0v) is 11.3. The highest BCUT2D eigenvalue weighted by Gasteiger charge is 2.14. The first kappa shape index (κ1) is 12.6. The fraction of sp³-hybridized carbons (Fsp3) is 0.235. The molecule has 2 aromatic carbocycles. The second kappa shape index (κ2) is 5.26. The highest BCUT2D eigenvalue weighted by molar-refractivity contribution is 5.63. The number of hydrogen-bond acceptors (Lipinski definition) is 3. The highest BCUT2D eigenvalue weighted by atomic mass is 15.1. The zero-order valence-electron chi connectivity index (χ0n) is 11.3. The molecule has 0 unspecified atom stereocenters. The van der Waals surface area contributed by atoms with Gasteiger partial charge in [-0.25, -0.2) is 0 Å². The van der Waals surface area contributed by atoms with E-state index in [0.717, 1.165) is 31.6 Å². The molecule has 1 aliphatic rings. The van der Waals surface area contributed by atoms with E-state index in [1.54, 1.807) is 0 Å². The molecule has 2 aromatic rings. The van der Waals surface area contributed by atoms with Crippen molar-refractivity contribution in [3.63, 3.8) is 0 Å². The summed E-state index contributed by atoms with van der Waals surface area (Å²) in [6.45, 7) is 1.98. The summed E-state index contributed by atoms with van der Waals surface area (Å²) in [7, 11) is 0. The SMILES string of the molecule is N#Cc1ccc(N2CCc3ccccc3CC2)cc1N. The quantitative estimate of drug-likeness (QED) is 0.805. The molecular weight excluding hydrogens is 246 g/mol. The van der Waals surface area contributed by atoms with Crippen LogP contribution >= 0.6 is 0 Å². The van der Waals surface area contributed by atoms with Crippen LogP contribution in [0.4, 0.5) is 11.4 Å². The van der Waals surface area contributed by atoms with Crippen molar-refractivity contribution < 1.29 is 0 Å². The minimum atomic E-state index is 0.548. The van der Waals surface area contributed by atoms with Gasteiger partial charge in [-0.1, -0.05) is 24.3 Å². The summed E-state index contributed by atoms with van der Waals surface area (Å²) in [6.07, 6.45) is 2.10. The number of anilines is 2. The van der Waals surface area contributed by atoms with Crippen molar-refractivity contribution in [3.05, 3.63) is 59.2 Å². The summed E-state index contributed by atoms with van der Waals surface area (Å²) >= 11 is 0. The van der Waals surface area contributed by atoms with Gasteiger partial charge in [-0.3, -0.25) is 0 Å². The van der Waals surface area contributed by atoms with Gasteiger partial charge < -0.3 is 10.6 Å². The average molecular weight is 263 g/mol. The molecule has 20 heavy (non-hydrogen) atoms. The molecule has 0 amide bonds. The van der Waals surface area contributed by atoms with Crippen molar-refractivity contribution in [1.29, 1.82) is 5.26 Å². The lowest BCUT2D eigenvalue weighted by atomic mass is 10.0. The maximum absolute atomic E-state index is 8.94. The molecular formula is C17H17N3. The summed E-state index contributed by atoms with van der Waals surface area (Å²) < 4.78 is 0. The van der Waals surface area contributed by atoms with Crippen LogP contribution in [-0.2, 0) is 12.8 Å². The summed E-state index contributed by atoms with van der Waals surface area (Å²) in [5, 5.41) is 8.94. The molecule has 0 fully saturated rings. The lowest BCUT2D eigenvalue weighted by Crippen LogP contribution is -2.26. The van der Waals surface area contributed by atoms with Crippen LogP contribution in [0.5, 0.6) is 0 Å². The molecule has 0 spiro atoms. The summed E-state index contributed by atoms with van der Waals surface area (Å²) in [5.41, 5.74) is 11.0. The Hall–Kier alpha value is -2.47. The van der Waals surface area contributed by atoms with E-state index in [1.807, 2.05) is 18.2 Å². The van der Waals surface area contributed by atoms with Gasteiger partial charge in [0.15, 0.2) is 0 Å². The molecule has 0 bridgehead atoms. The smallest absolute Gasteiger partial charge is 0.101 e. The van der Waals surface area contributed by atoms with Gasteiger partial charge in [0.25, 0.3) is 0 Å². The first-order valence-corrected chi connectivity index (χ1v) is 6.89. The third-order valence-corrected chi connectivity index (χ3v) is 3.94. The number of nitrogen functional groups attached to an aromatic ring is 1. The van der Waals surface area contributed by atoms with Gasteiger partial charge >= 0.3 is 0 Å². The van der Waals surface area contributed by atoms with Crippen molar-refractivity contribution in [2.24, 2.45) is 0 Å². The van der Waals surface area contributed by atoms with Gasteiger partial charge in [0.2, 0.25) is 0 Å². The van der Waals surface area contributed by atoms with Gasteiger partial charge in [0.1, 0.15) is 6.07 Å². The van der Waals surface area contributed by atoms with E-state index in [9.17, 15) is 0 Å². The Bertz CT molecular complexity index is 643. The van der Waals surface area contributed by atoms with Gasteiger partial charge in [-0.05, 0) is 42.2 Å². The van der Waals surface area contributed by atoms with E-state index in [-0.39, 0.29) is 0 Å². The predicted molar refractivity (Wildman–Crippen MR) is 81.6 cm³/mol. The molecule has 0 saturated heterocycles. The van der Waals surface area contributed by atoms with Crippen LogP contribution in [0.3, 0.4) is 0 Å². The molecule has 0 atom stereocenters. The van der Waals surface area contributed by atoms with E-state index in [2.05, 4.69) is 35.2 Å². The van der Waals surface area contributed by atoms with Gasteiger partial charge in [-0.2, -0.15) is 5.26 Å². The molecule has 0 aliphatic carbocycles. The molecule has 3 heteroatoms. The first-order chi connectivity index (χ1) is 9.78. The van der Waals surface area contributed by atoms with E-state index in [1.165, 1.54) is 11.1 Å². The van der Waals surface area contributed by atoms with Crippen LogP contribution < -0.4 is 10.6 Å². The summed E-state index contributed by atoms with van der Waals surface area (Å²) in [4.78, 5) is 2.34. The first-order valence-electron chi connectivity index (χ1n) is 6.89. The van der Waals surface area contributed by atoms with Crippen molar-refractivity contribution in [1.82, 2.24) is 0 Å². The van der Waals surface area contributed by atoms with Gasteiger partial charge in [0, 0.05) is 18.8 Å². The van der Waals surface area contributed by atoms with Crippen LogP contribution in [0, 0.1) is 11.3 Å². The topological polar surface area (TPSA) is 53.0 Å². The van der Waals surface area contributed by atoms with Gasteiger partial charge in [0.05, 0.1) is 11.3 Å². The Morgan fingerprint density at radius 1 is 1.00 bits per heavy atom. The average Bonchev–Trinajstić information content (AvgIpc) is 2.70. The molecule has 3 nitrogen and oxygen atoms in total. The number of nitrogens with zero attached hydrogens (tertiary/aromatic N) is 2. The maximum Gasteiger partial charge on any atom is 0.101 e. The second-order valence-corrected chi connectivity index (χ2v) is 5.14. The predicted octanol–water partition coefficient (Wildman–Crippen LogP) is 2.75. The van der Waals surface area contributed by atoms with E-state index >= 15 is 0 Å². The standard InChI is InChI=1S/C17H17N3/c18-12-15-5-6-16(11-17(15)19)20-9-7-13-3-1-2-4-14(13)8-10-20/h1-6,11H,7-10,19H2. The van der Waals surface area contributed by atoms with Crippen molar-refractivity contribution >= 4 is 11.4 Å². The molecule has 100 valence electrons. The Labute approximate surface area is 119 Å². The maximum atomic E-state index is 8.94. The molecule has 2 N–H and O–H groups in total. The fourth-order valence-electron chi connectivity index (χ4n) is 2.77. The molecule has 3 rings (SSSR count). The number of nitrogens with two attached hydrogens (primary N) is 1. The number of benzene rings is 2. The van der Waals surface area contributed by atoms with Crippen LogP contribution in [0.25, 0.3) is 0 Å². The van der Waals surface area contributed by atoms with Crippen LogP contribution in [0.1, 0.15) is 16.7 Å². The Morgan fingerprint density at radius 3 is 2.20 bits per heavy atom. The number of rotatable bonds is 1. The molecule has 1 heterocycles. The molecule has 0 radical (unpaired) electrons. The highest BCUT2D eigenvalue weighted by Crippen LogP contribution is 2.24. The number of nitriles is 1. The third kappa shape index (κ3) is 2.33. The Balaban J connectivity index is 1.84. The Kier molecular flexibility index (Phi) is 3.30. The number of fused-ring (bicyclic) bond motifs is 1. The minimum Gasteiger partial charge on any atom is -0.398 e. The second-order valence-electron chi connectivity index (χ2n) is 5.14. The fourth-order valence-corrected chi connectivity index (χ4v) is 2.77. The molecule has 0 saturated carbocycles. The largest absolute Gasteiger partial charge is 0.398 e. The van der Waals surface area contributed by atoms with Crippen molar-refractivity contribution in [2.45, 2.75) is 12.8 Å². The van der Waals surface area contributed by atoms with E-state index in [4.69, 9.17) is 11.0 Å². The van der Waals surface area contributed by atoms with Crippen molar-refractivity contribution in [2.75, 3.05) is 23.7 Å². The lowest BCUT2D eigenvalue weighted by molar-refractivity contribution is 0.806. The van der Waals surface area contributed by atoms with E-state index < -0.39 is 0 Å². The van der Waals surface area contributed by atoms with Crippen LogP contribution in [-0.4, -0.2) is 13.1 Å². The monoisotopic (exact) mass is 263 g/mol. The normalized spacial score (nSPS) is 14.2. The van der Waals surface area contributed by atoms with Crippen LogP contribution in [0.2, 0.25) is 0 Å². The van der Waals surface area contributed by atoms with Gasteiger partial charge in [-0.15, -0.1) is 0 Å². The summed E-state index contributed by atoms with van der Waals surface area (Å²) in [6, 6.07) is 16.5. The lowest BCUT2D eigenvalue weighted by Gasteiger charge is -2.23. The molecule has 0 aromatic heterocycles. The van der Waals surface area contributed by atoms with Crippen molar-refractivity contribution in [3.8, 4) is 6.07 Å². The zero-order chi connectivity index (χ0) is 13.9. The minimum absolute atomic E-state index is 0.548. The third-order valence-electron chi connectivity index (χ3n) is 3.94. The van der Waals surface area contributed by atoms with Crippen LogP contribution in [0.15, 0.2) is 42.5 Å². The van der Waals surface area contributed by atoms with E-state index in [0.29, 0.717) is 11.3 Å². The molecule has 1 aliphatic heterocycles. The summed E-state index contributed by atoms with van der Waals surface area (Å²) in [5.74, 6) is 0. The number of hydrogen-bond donors (Lipinski definition) is 1.